The van der Waals surface area contributed by atoms with Gasteiger partial charge in [0.15, 0.2) is 0 Å². The molecule has 2 unspecified atom stereocenters. The van der Waals surface area contributed by atoms with E-state index in [9.17, 15) is 5.11 Å². The third kappa shape index (κ3) is 1.93. The molecule has 2 heteroatoms. The zero-order valence-electron chi connectivity index (χ0n) is 12.0. The number of nitrogens with zero attached hydrogens (tertiary/aromatic N) is 1. The van der Waals surface area contributed by atoms with Gasteiger partial charge in [0.25, 0.3) is 0 Å². The van der Waals surface area contributed by atoms with Gasteiger partial charge in [-0.15, -0.1) is 0 Å². The van der Waals surface area contributed by atoms with Crippen molar-refractivity contribution in [2.45, 2.75) is 50.5 Å². The summed E-state index contributed by atoms with van der Waals surface area (Å²) in [5.74, 6) is 0.375. The number of hydrogen-bond acceptors (Lipinski definition) is 2. The second-order valence-electron chi connectivity index (χ2n) is 6.26. The molecule has 2 rings (SSSR count). The molecule has 0 aromatic heterocycles. The first-order valence-electron chi connectivity index (χ1n) is 6.87. The molecule has 1 N–H and O–H groups in total. The van der Waals surface area contributed by atoms with Crippen molar-refractivity contribution in [2.24, 2.45) is 0 Å². The van der Waals surface area contributed by atoms with E-state index >= 15 is 0 Å². The predicted molar refractivity (Wildman–Crippen MR) is 76.0 cm³/mol. The van der Waals surface area contributed by atoms with Crippen LogP contribution in [0.3, 0.4) is 0 Å². The molecule has 0 heterocycles. The van der Waals surface area contributed by atoms with Crippen LogP contribution < -0.4 is 0 Å². The van der Waals surface area contributed by atoms with E-state index in [1.165, 1.54) is 31.2 Å². The number of hydrogen-bond donors (Lipinski definition) is 1. The quantitative estimate of drug-likeness (QED) is 0.864. The van der Waals surface area contributed by atoms with E-state index in [0.717, 1.165) is 0 Å². The fraction of sp³-hybridized carbons (Fsp3) is 0.625. The van der Waals surface area contributed by atoms with Crippen molar-refractivity contribution in [3.05, 3.63) is 29.8 Å². The third-order valence-electron chi connectivity index (χ3n) is 5.25. The summed E-state index contributed by atoms with van der Waals surface area (Å²) in [5, 5.41) is 9.75. The SMILES string of the molecule is CN(C)C1(C)CCCCC1(C)c1cccc(O)c1. The molecule has 1 saturated carbocycles. The maximum Gasteiger partial charge on any atom is 0.115 e. The van der Waals surface area contributed by atoms with Gasteiger partial charge in [-0.3, -0.25) is 0 Å². The van der Waals surface area contributed by atoms with Gasteiger partial charge in [-0.05, 0) is 51.6 Å². The molecule has 0 spiro atoms. The van der Waals surface area contributed by atoms with Gasteiger partial charge in [0.05, 0.1) is 0 Å². The molecule has 2 atom stereocenters. The number of aromatic hydroxyl groups is 1. The Balaban J connectivity index is 2.49. The van der Waals surface area contributed by atoms with Crippen molar-refractivity contribution >= 4 is 0 Å². The Morgan fingerprint density at radius 1 is 1.11 bits per heavy atom. The lowest BCUT2D eigenvalue weighted by molar-refractivity contribution is 0.0351. The van der Waals surface area contributed by atoms with Crippen molar-refractivity contribution < 1.29 is 5.11 Å². The van der Waals surface area contributed by atoms with Gasteiger partial charge in [0.1, 0.15) is 5.75 Å². The molecular formula is C16H25NO. The molecule has 0 saturated heterocycles. The van der Waals surface area contributed by atoms with Crippen LogP contribution in [0.2, 0.25) is 0 Å². The summed E-state index contributed by atoms with van der Waals surface area (Å²) >= 11 is 0. The molecule has 1 aromatic carbocycles. The molecular weight excluding hydrogens is 222 g/mol. The monoisotopic (exact) mass is 247 g/mol. The maximum atomic E-state index is 9.75. The first-order chi connectivity index (χ1) is 8.40. The zero-order chi connectivity index (χ0) is 13.4. The standard InChI is InChI=1S/C16H25NO/c1-15(13-8-7-9-14(18)12-13)10-5-6-11-16(15,2)17(3)4/h7-9,12,18H,5-6,10-11H2,1-4H3. The number of phenolic OH excluding ortho intramolecular Hbond substituents is 1. The third-order valence-corrected chi connectivity index (χ3v) is 5.25. The molecule has 1 aromatic rings. The van der Waals surface area contributed by atoms with Gasteiger partial charge in [-0.1, -0.05) is 31.9 Å². The molecule has 1 fully saturated rings. The van der Waals surface area contributed by atoms with Crippen molar-refractivity contribution in [3.8, 4) is 5.75 Å². The largest absolute Gasteiger partial charge is 0.508 e. The van der Waals surface area contributed by atoms with E-state index in [0.29, 0.717) is 5.75 Å². The lowest BCUT2D eigenvalue weighted by atomic mass is 9.59. The van der Waals surface area contributed by atoms with Crippen LogP contribution in [0.25, 0.3) is 0 Å². The number of rotatable bonds is 2. The van der Waals surface area contributed by atoms with Crippen LogP contribution in [0.1, 0.15) is 45.1 Å². The maximum absolute atomic E-state index is 9.75. The van der Waals surface area contributed by atoms with E-state index in [2.05, 4.69) is 38.9 Å². The molecule has 0 aliphatic heterocycles. The second kappa shape index (κ2) is 4.58. The van der Waals surface area contributed by atoms with Crippen molar-refractivity contribution in [3.63, 3.8) is 0 Å². The van der Waals surface area contributed by atoms with Gasteiger partial charge in [-0.25, -0.2) is 0 Å². The van der Waals surface area contributed by atoms with Crippen LogP contribution >= 0.6 is 0 Å². The predicted octanol–water partition coefficient (Wildman–Crippen LogP) is 3.54. The summed E-state index contributed by atoms with van der Waals surface area (Å²) in [4.78, 5) is 2.36. The summed E-state index contributed by atoms with van der Waals surface area (Å²) in [6.07, 6.45) is 4.97. The van der Waals surface area contributed by atoms with Crippen molar-refractivity contribution in [2.75, 3.05) is 14.1 Å². The normalized spacial score (nSPS) is 32.7. The summed E-state index contributed by atoms with van der Waals surface area (Å²) in [7, 11) is 4.35. The van der Waals surface area contributed by atoms with E-state index in [1.807, 2.05) is 12.1 Å². The first kappa shape index (κ1) is 13.4. The Morgan fingerprint density at radius 3 is 2.39 bits per heavy atom. The van der Waals surface area contributed by atoms with Gasteiger partial charge >= 0.3 is 0 Å². The molecule has 1 aliphatic carbocycles. The Hall–Kier alpha value is -1.02. The summed E-state index contributed by atoms with van der Waals surface area (Å²) in [6, 6.07) is 7.81. The van der Waals surface area contributed by atoms with Crippen molar-refractivity contribution in [1.82, 2.24) is 4.90 Å². The Kier molecular flexibility index (Phi) is 3.41. The van der Waals surface area contributed by atoms with Crippen LogP contribution in [0, 0.1) is 0 Å². The van der Waals surface area contributed by atoms with Crippen LogP contribution in [-0.4, -0.2) is 29.6 Å². The summed E-state index contributed by atoms with van der Waals surface area (Å²) in [6.45, 7) is 4.71. The molecule has 0 radical (unpaired) electrons. The zero-order valence-corrected chi connectivity index (χ0v) is 12.0. The fourth-order valence-corrected chi connectivity index (χ4v) is 3.51. The minimum Gasteiger partial charge on any atom is -0.508 e. The molecule has 100 valence electrons. The Bertz CT molecular complexity index is 429. The van der Waals surface area contributed by atoms with Crippen LogP contribution in [0.15, 0.2) is 24.3 Å². The topological polar surface area (TPSA) is 23.5 Å². The Labute approximate surface area is 111 Å². The lowest BCUT2D eigenvalue weighted by Gasteiger charge is -2.54. The highest BCUT2D eigenvalue weighted by atomic mass is 16.3. The van der Waals surface area contributed by atoms with E-state index in [1.54, 1.807) is 6.07 Å². The second-order valence-corrected chi connectivity index (χ2v) is 6.26. The molecule has 18 heavy (non-hydrogen) atoms. The van der Waals surface area contributed by atoms with Crippen LogP contribution in [-0.2, 0) is 5.41 Å². The van der Waals surface area contributed by atoms with Crippen molar-refractivity contribution in [1.29, 1.82) is 0 Å². The van der Waals surface area contributed by atoms with E-state index in [-0.39, 0.29) is 11.0 Å². The number of likely N-dealkylation sites (N-methyl/N-ethyl adjacent to an activating group) is 1. The highest BCUT2D eigenvalue weighted by molar-refractivity contribution is 5.36. The first-order valence-corrected chi connectivity index (χ1v) is 6.87. The molecule has 1 aliphatic rings. The van der Waals surface area contributed by atoms with Crippen LogP contribution in [0.4, 0.5) is 0 Å². The molecule has 0 amide bonds. The molecule has 2 nitrogen and oxygen atoms in total. The van der Waals surface area contributed by atoms with Crippen LogP contribution in [0.5, 0.6) is 5.75 Å². The number of phenols is 1. The van der Waals surface area contributed by atoms with Gasteiger partial charge in [0.2, 0.25) is 0 Å². The van der Waals surface area contributed by atoms with E-state index in [4.69, 9.17) is 0 Å². The summed E-state index contributed by atoms with van der Waals surface area (Å²) < 4.78 is 0. The lowest BCUT2D eigenvalue weighted by Crippen LogP contribution is -2.58. The van der Waals surface area contributed by atoms with E-state index < -0.39 is 0 Å². The number of benzene rings is 1. The highest BCUT2D eigenvalue weighted by Crippen LogP contribution is 2.48. The van der Waals surface area contributed by atoms with Gasteiger partial charge in [0, 0.05) is 11.0 Å². The minimum absolute atomic E-state index is 0.105. The minimum atomic E-state index is 0.105. The summed E-state index contributed by atoms with van der Waals surface area (Å²) in [5.41, 5.74) is 1.52. The fourth-order valence-electron chi connectivity index (χ4n) is 3.51. The average molecular weight is 247 g/mol. The van der Waals surface area contributed by atoms with Gasteiger partial charge < -0.3 is 10.0 Å². The Morgan fingerprint density at radius 2 is 1.78 bits per heavy atom. The van der Waals surface area contributed by atoms with Gasteiger partial charge in [-0.2, -0.15) is 0 Å². The average Bonchev–Trinajstić information content (AvgIpc) is 2.33. The molecule has 0 bridgehead atoms. The highest BCUT2D eigenvalue weighted by Gasteiger charge is 2.48. The smallest absolute Gasteiger partial charge is 0.115 e.